The largest absolute Gasteiger partial charge is 0.394 e. The summed E-state index contributed by atoms with van der Waals surface area (Å²) in [5.41, 5.74) is 2.24. The van der Waals surface area contributed by atoms with E-state index in [1.165, 1.54) is 18.5 Å². The predicted molar refractivity (Wildman–Crippen MR) is 80.6 cm³/mol. The number of rotatable bonds is 5. The molecule has 1 heterocycles. The van der Waals surface area contributed by atoms with Gasteiger partial charge in [0.2, 0.25) is 0 Å². The molecule has 0 spiro atoms. The summed E-state index contributed by atoms with van der Waals surface area (Å²) in [5, 5.41) is 13.3. The number of benzene rings is 1. The summed E-state index contributed by atoms with van der Waals surface area (Å²) in [7, 11) is 0. The van der Waals surface area contributed by atoms with Crippen molar-refractivity contribution in [3.8, 4) is 0 Å². The highest BCUT2D eigenvalue weighted by atomic mass is 16.3. The van der Waals surface area contributed by atoms with Gasteiger partial charge in [-0.1, -0.05) is 24.6 Å². The lowest BCUT2D eigenvalue weighted by molar-refractivity contribution is 0.119. The lowest BCUT2D eigenvalue weighted by atomic mass is 9.87. The second kappa shape index (κ2) is 6.40. The molecule has 1 aromatic rings. The fraction of sp³-hybridized carbons (Fsp3) is 0.625. The van der Waals surface area contributed by atoms with Crippen molar-refractivity contribution in [1.82, 2.24) is 4.90 Å². The molecule has 0 aliphatic carbocycles. The van der Waals surface area contributed by atoms with Crippen molar-refractivity contribution in [1.29, 1.82) is 0 Å². The van der Waals surface area contributed by atoms with Crippen LogP contribution in [0.15, 0.2) is 24.3 Å². The van der Waals surface area contributed by atoms with Crippen LogP contribution < -0.4 is 5.32 Å². The molecule has 106 valence electrons. The van der Waals surface area contributed by atoms with Gasteiger partial charge in [-0.25, -0.2) is 0 Å². The number of hydrogen-bond donors (Lipinski definition) is 2. The van der Waals surface area contributed by atoms with Gasteiger partial charge in [-0.2, -0.15) is 0 Å². The first-order chi connectivity index (χ1) is 9.17. The minimum Gasteiger partial charge on any atom is -0.394 e. The van der Waals surface area contributed by atoms with Crippen LogP contribution in [0.25, 0.3) is 0 Å². The summed E-state index contributed by atoms with van der Waals surface area (Å²) in [6, 6.07) is 8.43. The summed E-state index contributed by atoms with van der Waals surface area (Å²) < 4.78 is 0. The number of aryl methyl sites for hydroxylation is 1. The van der Waals surface area contributed by atoms with E-state index in [1.807, 2.05) is 0 Å². The second-order valence-electron chi connectivity index (χ2n) is 5.77. The molecule has 0 bridgehead atoms. The van der Waals surface area contributed by atoms with Crippen LogP contribution in [0.2, 0.25) is 0 Å². The number of nitrogens with zero attached hydrogens (tertiary/aromatic N) is 1. The van der Waals surface area contributed by atoms with Gasteiger partial charge in [-0.15, -0.1) is 0 Å². The Bertz CT molecular complexity index is 380. The summed E-state index contributed by atoms with van der Waals surface area (Å²) in [5.74, 6) is 0. The Morgan fingerprint density at radius 2 is 1.84 bits per heavy atom. The van der Waals surface area contributed by atoms with Gasteiger partial charge in [-0.3, -0.25) is 0 Å². The van der Waals surface area contributed by atoms with Crippen LogP contribution in [0.4, 0.5) is 5.69 Å². The van der Waals surface area contributed by atoms with E-state index in [9.17, 15) is 5.11 Å². The number of aliphatic hydroxyl groups excluding tert-OH is 1. The Hall–Kier alpha value is -1.06. The molecule has 0 amide bonds. The van der Waals surface area contributed by atoms with Crippen LogP contribution in [-0.4, -0.2) is 41.8 Å². The van der Waals surface area contributed by atoms with Crippen molar-refractivity contribution in [3.05, 3.63) is 29.8 Å². The Morgan fingerprint density at radius 3 is 2.37 bits per heavy atom. The lowest BCUT2D eigenvalue weighted by Crippen LogP contribution is -2.51. The van der Waals surface area contributed by atoms with E-state index < -0.39 is 0 Å². The minimum absolute atomic E-state index is 0.139. The smallest absolute Gasteiger partial charge is 0.0662 e. The first-order valence-electron chi connectivity index (χ1n) is 7.35. The quantitative estimate of drug-likeness (QED) is 0.856. The van der Waals surface area contributed by atoms with Crippen LogP contribution >= 0.6 is 0 Å². The van der Waals surface area contributed by atoms with Crippen molar-refractivity contribution in [2.75, 3.05) is 31.6 Å². The first kappa shape index (κ1) is 14.4. The average molecular weight is 262 g/mol. The number of hydrogen-bond acceptors (Lipinski definition) is 3. The topological polar surface area (TPSA) is 35.5 Å². The van der Waals surface area contributed by atoms with E-state index in [4.69, 9.17) is 0 Å². The maximum Gasteiger partial charge on any atom is 0.0662 e. The molecule has 2 rings (SSSR count). The van der Waals surface area contributed by atoms with Crippen LogP contribution in [0.5, 0.6) is 0 Å². The Kier molecular flexibility index (Phi) is 4.83. The highest BCUT2D eigenvalue weighted by molar-refractivity contribution is 5.47. The first-order valence-corrected chi connectivity index (χ1v) is 7.35. The molecule has 3 nitrogen and oxygen atoms in total. The zero-order valence-electron chi connectivity index (χ0n) is 12.2. The molecule has 1 aromatic carbocycles. The third-order valence-corrected chi connectivity index (χ3v) is 4.12. The van der Waals surface area contributed by atoms with Crippen molar-refractivity contribution in [2.24, 2.45) is 0 Å². The molecule has 1 aliphatic rings. The Balaban J connectivity index is 1.98. The molecule has 1 aliphatic heterocycles. The third-order valence-electron chi connectivity index (χ3n) is 4.12. The molecule has 0 aromatic heterocycles. The van der Waals surface area contributed by atoms with Gasteiger partial charge in [0.05, 0.1) is 12.1 Å². The molecule has 0 radical (unpaired) electrons. The monoisotopic (exact) mass is 262 g/mol. The van der Waals surface area contributed by atoms with Gasteiger partial charge < -0.3 is 15.3 Å². The van der Waals surface area contributed by atoms with E-state index >= 15 is 0 Å². The molecule has 2 N–H and O–H groups in total. The molecule has 3 heteroatoms. The van der Waals surface area contributed by atoms with E-state index in [0.717, 1.165) is 31.6 Å². The summed E-state index contributed by atoms with van der Waals surface area (Å²) in [6.07, 6.45) is 3.23. The predicted octanol–water partition coefficient (Wildman–Crippen LogP) is 2.64. The van der Waals surface area contributed by atoms with Crippen LogP contribution in [0, 0.1) is 6.92 Å². The lowest BCUT2D eigenvalue weighted by Gasteiger charge is -2.42. The minimum atomic E-state index is -0.139. The fourth-order valence-electron chi connectivity index (χ4n) is 2.79. The normalized spacial score (nSPS) is 19.3. The zero-order valence-corrected chi connectivity index (χ0v) is 12.2. The van der Waals surface area contributed by atoms with Crippen LogP contribution in [0.1, 0.15) is 31.7 Å². The number of aliphatic hydroxyl groups is 1. The van der Waals surface area contributed by atoms with E-state index in [2.05, 4.69) is 48.3 Å². The van der Waals surface area contributed by atoms with E-state index in [-0.39, 0.29) is 12.1 Å². The van der Waals surface area contributed by atoms with Crippen molar-refractivity contribution in [3.63, 3.8) is 0 Å². The molecule has 0 unspecified atom stereocenters. The van der Waals surface area contributed by atoms with Gasteiger partial charge in [0, 0.05) is 18.8 Å². The maximum atomic E-state index is 9.79. The SMILES string of the molecule is CCCN1CCC(CO)(Nc2ccc(C)cc2)CC1. The van der Waals surface area contributed by atoms with Crippen molar-refractivity contribution >= 4 is 5.69 Å². The molecule has 1 saturated heterocycles. The Morgan fingerprint density at radius 1 is 1.21 bits per heavy atom. The zero-order chi connectivity index (χ0) is 13.7. The average Bonchev–Trinajstić information content (AvgIpc) is 2.44. The number of anilines is 1. The van der Waals surface area contributed by atoms with Gasteiger partial charge in [0.1, 0.15) is 0 Å². The third kappa shape index (κ3) is 3.71. The van der Waals surface area contributed by atoms with E-state index in [0.29, 0.717) is 0 Å². The molecule has 0 atom stereocenters. The molecule has 1 fully saturated rings. The highest BCUT2D eigenvalue weighted by Crippen LogP contribution is 2.27. The second-order valence-corrected chi connectivity index (χ2v) is 5.77. The number of likely N-dealkylation sites (tertiary alicyclic amines) is 1. The van der Waals surface area contributed by atoms with Gasteiger partial charge in [0.15, 0.2) is 0 Å². The molecular weight excluding hydrogens is 236 g/mol. The summed E-state index contributed by atoms with van der Waals surface area (Å²) in [6.45, 7) is 7.85. The maximum absolute atomic E-state index is 9.79. The van der Waals surface area contributed by atoms with E-state index in [1.54, 1.807) is 0 Å². The summed E-state index contributed by atoms with van der Waals surface area (Å²) >= 11 is 0. The van der Waals surface area contributed by atoms with Crippen LogP contribution in [0.3, 0.4) is 0 Å². The van der Waals surface area contributed by atoms with Crippen molar-refractivity contribution < 1.29 is 5.11 Å². The van der Waals surface area contributed by atoms with Crippen LogP contribution in [-0.2, 0) is 0 Å². The standard InChI is InChI=1S/C16H26N2O/c1-3-10-18-11-8-16(13-19,9-12-18)17-15-6-4-14(2)5-7-15/h4-7,17,19H,3,8-13H2,1-2H3. The summed E-state index contributed by atoms with van der Waals surface area (Å²) in [4.78, 5) is 2.49. The molecule has 0 saturated carbocycles. The van der Waals surface area contributed by atoms with Gasteiger partial charge in [0.25, 0.3) is 0 Å². The fourth-order valence-corrected chi connectivity index (χ4v) is 2.79. The number of nitrogens with one attached hydrogen (secondary N) is 1. The van der Waals surface area contributed by atoms with Gasteiger partial charge >= 0.3 is 0 Å². The van der Waals surface area contributed by atoms with Gasteiger partial charge in [-0.05, 0) is 44.9 Å². The highest BCUT2D eigenvalue weighted by Gasteiger charge is 2.33. The molecular formula is C16H26N2O. The Labute approximate surface area is 116 Å². The number of piperidine rings is 1. The van der Waals surface area contributed by atoms with Crippen molar-refractivity contribution in [2.45, 2.75) is 38.6 Å². The molecule has 19 heavy (non-hydrogen) atoms.